The molecule has 0 saturated heterocycles. The van der Waals surface area contributed by atoms with E-state index in [-0.39, 0.29) is 6.61 Å². The molecule has 0 aliphatic heterocycles. The minimum atomic E-state index is -0.502. The fraction of sp³-hybridized carbons (Fsp3) is 0.150. The van der Waals surface area contributed by atoms with Gasteiger partial charge in [0.2, 0.25) is 0 Å². The number of nitrogens with zero attached hydrogens (tertiary/aromatic N) is 1. The van der Waals surface area contributed by atoms with Crippen LogP contribution in [-0.4, -0.2) is 25.2 Å². The third-order valence-corrected chi connectivity index (χ3v) is 3.25. The summed E-state index contributed by atoms with van der Waals surface area (Å²) in [6, 6.07) is 14.8. The van der Waals surface area contributed by atoms with Gasteiger partial charge in [-0.05, 0) is 48.5 Å². The molecule has 0 spiro atoms. The standard InChI is InChI=1S/C20H17NO5/c1-2-19(22)25-13-3-12-24-17-10-6-16(7-11-17)20(23)26-18-8-4-15(14-21)5-9-18/h2,4-11H,1,3,12-13H2. The van der Waals surface area contributed by atoms with E-state index < -0.39 is 11.9 Å². The van der Waals surface area contributed by atoms with Crippen LogP contribution < -0.4 is 9.47 Å². The molecule has 26 heavy (non-hydrogen) atoms. The number of esters is 2. The number of carbonyl (C=O) groups is 2. The molecular weight excluding hydrogens is 334 g/mol. The first-order valence-corrected chi connectivity index (χ1v) is 7.87. The maximum atomic E-state index is 12.1. The highest BCUT2D eigenvalue weighted by Crippen LogP contribution is 2.16. The van der Waals surface area contributed by atoms with E-state index in [9.17, 15) is 9.59 Å². The van der Waals surface area contributed by atoms with Gasteiger partial charge in [0, 0.05) is 12.5 Å². The van der Waals surface area contributed by atoms with Crippen LogP contribution in [0.1, 0.15) is 22.3 Å². The molecule has 0 unspecified atom stereocenters. The van der Waals surface area contributed by atoms with Gasteiger partial charge in [-0.15, -0.1) is 0 Å². The molecule has 6 nitrogen and oxygen atoms in total. The van der Waals surface area contributed by atoms with Crippen molar-refractivity contribution < 1.29 is 23.8 Å². The minimum Gasteiger partial charge on any atom is -0.493 e. The highest BCUT2D eigenvalue weighted by atomic mass is 16.5. The van der Waals surface area contributed by atoms with Gasteiger partial charge in [-0.25, -0.2) is 9.59 Å². The van der Waals surface area contributed by atoms with E-state index in [0.717, 1.165) is 6.08 Å². The van der Waals surface area contributed by atoms with Crippen molar-refractivity contribution in [1.29, 1.82) is 5.26 Å². The number of hydrogen-bond donors (Lipinski definition) is 0. The quantitative estimate of drug-likeness (QED) is 0.314. The third kappa shape index (κ3) is 5.80. The van der Waals surface area contributed by atoms with Gasteiger partial charge in [-0.2, -0.15) is 5.26 Å². The van der Waals surface area contributed by atoms with E-state index in [4.69, 9.17) is 19.5 Å². The molecule has 0 amide bonds. The van der Waals surface area contributed by atoms with Crippen LogP contribution >= 0.6 is 0 Å². The van der Waals surface area contributed by atoms with Crippen LogP contribution in [0.5, 0.6) is 11.5 Å². The summed E-state index contributed by atoms with van der Waals surface area (Å²) >= 11 is 0. The molecule has 6 heteroatoms. The van der Waals surface area contributed by atoms with Crippen molar-refractivity contribution in [3.63, 3.8) is 0 Å². The van der Waals surface area contributed by atoms with Crippen molar-refractivity contribution in [2.45, 2.75) is 6.42 Å². The fourth-order valence-electron chi connectivity index (χ4n) is 1.93. The summed E-state index contributed by atoms with van der Waals surface area (Å²) in [7, 11) is 0. The predicted molar refractivity (Wildman–Crippen MR) is 93.8 cm³/mol. The van der Waals surface area contributed by atoms with Crippen molar-refractivity contribution >= 4 is 11.9 Å². The molecule has 0 aliphatic carbocycles. The van der Waals surface area contributed by atoms with Crippen molar-refractivity contribution in [1.82, 2.24) is 0 Å². The lowest BCUT2D eigenvalue weighted by Gasteiger charge is -2.08. The first kappa shape index (κ1) is 18.7. The first-order chi connectivity index (χ1) is 12.6. The molecule has 2 aromatic rings. The van der Waals surface area contributed by atoms with Gasteiger partial charge in [-0.3, -0.25) is 0 Å². The Kier molecular flexibility index (Phi) is 6.95. The molecule has 0 atom stereocenters. The van der Waals surface area contributed by atoms with Gasteiger partial charge in [0.25, 0.3) is 0 Å². The topological polar surface area (TPSA) is 85.6 Å². The lowest BCUT2D eigenvalue weighted by Crippen LogP contribution is -2.09. The van der Waals surface area contributed by atoms with Crippen molar-refractivity contribution in [3.05, 3.63) is 72.3 Å². The van der Waals surface area contributed by atoms with E-state index >= 15 is 0 Å². The number of benzene rings is 2. The highest BCUT2D eigenvalue weighted by molar-refractivity contribution is 5.91. The van der Waals surface area contributed by atoms with E-state index in [1.165, 1.54) is 0 Å². The number of hydrogen-bond acceptors (Lipinski definition) is 6. The Labute approximate surface area is 151 Å². The van der Waals surface area contributed by atoms with Gasteiger partial charge < -0.3 is 14.2 Å². The lowest BCUT2D eigenvalue weighted by molar-refractivity contribution is -0.137. The molecule has 2 rings (SSSR count). The molecule has 0 saturated carbocycles. The summed E-state index contributed by atoms with van der Waals surface area (Å²) in [5.74, 6) is -0.00825. The fourth-order valence-corrected chi connectivity index (χ4v) is 1.93. The van der Waals surface area contributed by atoms with E-state index in [1.54, 1.807) is 48.5 Å². The largest absolute Gasteiger partial charge is 0.493 e. The molecule has 0 aromatic heterocycles. The molecule has 0 N–H and O–H groups in total. The average molecular weight is 351 g/mol. The van der Waals surface area contributed by atoms with Gasteiger partial charge in [-0.1, -0.05) is 6.58 Å². The smallest absolute Gasteiger partial charge is 0.343 e. The molecule has 0 aliphatic rings. The zero-order chi connectivity index (χ0) is 18.8. The third-order valence-electron chi connectivity index (χ3n) is 3.25. The SMILES string of the molecule is C=CC(=O)OCCCOc1ccc(C(=O)Oc2ccc(C#N)cc2)cc1. The van der Waals surface area contributed by atoms with Gasteiger partial charge in [0.15, 0.2) is 0 Å². The van der Waals surface area contributed by atoms with Crippen molar-refractivity contribution in [3.8, 4) is 17.6 Å². The van der Waals surface area contributed by atoms with Gasteiger partial charge in [0.05, 0.1) is 30.4 Å². The normalized spacial score (nSPS) is 9.65. The Morgan fingerprint density at radius 2 is 1.65 bits per heavy atom. The number of nitriles is 1. The Morgan fingerprint density at radius 3 is 2.27 bits per heavy atom. The van der Waals surface area contributed by atoms with Crippen molar-refractivity contribution in [2.24, 2.45) is 0 Å². The maximum absolute atomic E-state index is 12.1. The summed E-state index contributed by atoms with van der Waals surface area (Å²) in [6.45, 7) is 3.93. The molecule has 0 fully saturated rings. The second-order valence-corrected chi connectivity index (χ2v) is 5.12. The van der Waals surface area contributed by atoms with Crippen LogP contribution in [0.25, 0.3) is 0 Å². The minimum absolute atomic E-state index is 0.250. The van der Waals surface area contributed by atoms with Crippen LogP contribution in [-0.2, 0) is 9.53 Å². The number of ether oxygens (including phenoxy) is 3. The summed E-state index contributed by atoms with van der Waals surface area (Å²) in [4.78, 5) is 23.0. The lowest BCUT2D eigenvalue weighted by atomic mass is 10.2. The Balaban J connectivity index is 1.80. The second kappa shape index (κ2) is 9.64. The van der Waals surface area contributed by atoms with Crippen LogP contribution in [0, 0.1) is 11.3 Å². The van der Waals surface area contributed by atoms with Crippen LogP contribution in [0.15, 0.2) is 61.2 Å². The average Bonchev–Trinajstić information content (AvgIpc) is 2.68. The molecular formula is C20H17NO5. The summed E-state index contributed by atoms with van der Waals surface area (Å²) in [5.41, 5.74) is 0.868. The Morgan fingerprint density at radius 1 is 1.00 bits per heavy atom. The Hall–Kier alpha value is -3.59. The summed E-state index contributed by atoms with van der Waals surface area (Å²) in [6.07, 6.45) is 1.65. The van der Waals surface area contributed by atoms with Gasteiger partial charge >= 0.3 is 11.9 Å². The maximum Gasteiger partial charge on any atom is 0.343 e. The first-order valence-electron chi connectivity index (χ1n) is 7.87. The zero-order valence-corrected chi connectivity index (χ0v) is 14.0. The monoisotopic (exact) mass is 351 g/mol. The second-order valence-electron chi connectivity index (χ2n) is 5.12. The molecule has 0 bridgehead atoms. The number of rotatable bonds is 8. The summed E-state index contributed by atoms with van der Waals surface area (Å²) in [5, 5.41) is 8.75. The van der Waals surface area contributed by atoms with Crippen LogP contribution in [0.2, 0.25) is 0 Å². The Bertz CT molecular complexity index is 804. The van der Waals surface area contributed by atoms with Crippen LogP contribution in [0.3, 0.4) is 0 Å². The molecule has 0 heterocycles. The molecule has 132 valence electrons. The number of carbonyl (C=O) groups excluding carboxylic acids is 2. The van der Waals surface area contributed by atoms with E-state index in [1.807, 2.05) is 6.07 Å². The van der Waals surface area contributed by atoms with Gasteiger partial charge in [0.1, 0.15) is 11.5 Å². The highest BCUT2D eigenvalue weighted by Gasteiger charge is 2.09. The zero-order valence-electron chi connectivity index (χ0n) is 14.0. The predicted octanol–water partition coefficient (Wildman–Crippen LogP) is 3.28. The van der Waals surface area contributed by atoms with E-state index in [2.05, 4.69) is 6.58 Å². The van der Waals surface area contributed by atoms with Crippen molar-refractivity contribution in [2.75, 3.05) is 13.2 Å². The van der Waals surface area contributed by atoms with Crippen LogP contribution in [0.4, 0.5) is 0 Å². The summed E-state index contributed by atoms with van der Waals surface area (Å²) < 4.78 is 15.6. The molecule has 0 radical (unpaired) electrons. The van der Waals surface area contributed by atoms with E-state index in [0.29, 0.717) is 35.7 Å². The molecule has 2 aromatic carbocycles.